The predicted molar refractivity (Wildman–Crippen MR) is 102 cm³/mol. The molecule has 29 heavy (non-hydrogen) atoms. The summed E-state index contributed by atoms with van der Waals surface area (Å²) >= 11 is 6.06. The first-order valence-corrected chi connectivity index (χ1v) is 8.91. The van der Waals surface area contributed by atoms with Crippen LogP contribution in [0.15, 0.2) is 42.6 Å². The van der Waals surface area contributed by atoms with E-state index < -0.39 is 23.2 Å². The number of hydrogen-bond acceptors (Lipinski definition) is 5. The van der Waals surface area contributed by atoms with Crippen LogP contribution in [0.3, 0.4) is 0 Å². The van der Waals surface area contributed by atoms with E-state index in [1.54, 1.807) is 4.57 Å². The highest BCUT2D eigenvalue weighted by Gasteiger charge is 2.17. The highest BCUT2D eigenvalue weighted by atomic mass is 35.5. The van der Waals surface area contributed by atoms with Crippen molar-refractivity contribution >= 4 is 34.4 Å². The maximum atomic E-state index is 13.8. The molecule has 6 nitrogen and oxygen atoms in total. The summed E-state index contributed by atoms with van der Waals surface area (Å²) in [6.07, 6.45) is 1.38. The van der Waals surface area contributed by atoms with E-state index in [4.69, 9.17) is 16.3 Å². The van der Waals surface area contributed by atoms with Crippen molar-refractivity contribution in [2.75, 3.05) is 5.32 Å². The molecular weight excluding hydrogens is 407 g/mol. The molecule has 0 aliphatic heterocycles. The maximum absolute atomic E-state index is 13.8. The van der Waals surface area contributed by atoms with Crippen LogP contribution < -0.4 is 10.1 Å². The van der Waals surface area contributed by atoms with E-state index in [9.17, 15) is 13.2 Å². The second-order valence-corrected chi connectivity index (χ2v) is 6.35. The molecule has 10 heteroatoms. The number of benzene rings is 2. The number of ether oxygens (including phenoxy) is 1. The van der Waals surface area contributed by atoms with Crippen molar-refractivity contribution in [3.63, 3.8) is 0 Å². The zero-order valence-electron chi connectivity index (χ0n) is 15.0. The first-order valence-electron chi connectivity index (χ1n) is 8.53. The van der Waals surface area contributed by atoms with Crippen molar-refractivity contribution in [2.45, 2.75) is 13.5 Å². The van der Waals surface area contributed by atoms with Crippen LogP contribution >= 0.6 is 11.6 Å². The van der Waals surface area contributed by atoms with E-state index in [-0.39, 0.29) is 11.0 Å². The summed E-state index contributed by atoms with van der Waals surface area (Å²) in [4.78, 5) is 12.6. The molecule has 0 saturated carbocycles. The van der Waals surface area contributed by atoms with Crippen molar-refractivity contribution < 1.29 is 17.9 Å². The number of aryl methyl sites for hydroxylation is 1. The fourth-order valence-electron chi connectivity index (χ4n) is 2.73. The van der Waals surface area contributed by atoms with Crippen LogP contribution in [0.4, 0.5) is 24.8 Å². The summed E-state index contributed by atoms with van der Waals surface area (Å²) < 4.78 is 47.8. The van der Waals surface area contributed by atoms with Crippen molar-refractivity contribution in [3.8, 4) is 11.8 Å². The third-order valence-corrected chi connectivity index (χ3v) is 4.38. The average Bonchev–Trinajstić information content (AvgIpc) is 3.03. The summed E-state index contributed by atoms with van der Waals surface area (Å²) in [7, 11) is 0. The number of para-hydroxylation sites is 1. The minimum absolute atomic E-state index is 0.185. The van der Waals surface area contributed by atoms with Gasteiger partial charge in [-0.3, -0.25) is 4.57 Å². The molecule has 0 radical (unpaired) electrons. The van der Waals surface area contributed by atoms with E-state index in [2.05, 4.69) is 20.3 Å². The van der Waals surface area contributed by atoms with Gasteiger partial charge in [-0.2, -0.15) is 4.98 Å². The Balaban J connectivity index is 1.71. The van der Waals surface area contributed by atoms with Gasteiger partial charge < -0.3 is 10.1 Å². The van der Waals surface area contributed by atoms with Gasteiger partial charge in [0.1, 0.15) is 11.3 Å². The van der Waals surface area contributed by atoms with Gasteiger partial charge in [0.25, 0.3) is 0 Å². The molecule has 0 unspecified atom stereocenters. The van der Waals surface area contributed by atoms with E-state index in [1.165, 1.54) is 30.5 Å². The zero-order chi connectivity index (χ0) is 20.5. The third kappa shape index (κ3) is 3.68. The minimum atomic E-state index is -0.869. The normalized spacial score (nSPS) is 11.1. The second kappa shape index (κ2) is 7.59. The quantitative estimate of drug-likeness (QED) is 0.466. The molecule has 4 aromatic rings. The standard InChI is InChI=1S/C19H13ClF3N5O/c1-2-28-17-15(26-18(28)25-14-7-6-10(21)8-11(14)20)9-24-19(27-17)29-16-12(22)4-3-5-13(16)23/h3-9H,2H2,1H3,(H,25,26). The first kappa shape index (κ1) is 19.0. The van der Waals surface area contributed by atoms with Crippen molar-refractivity contribution in [1.29, 1.82) is 0 Å². The monoisotopic (exact) mass is 419 g/mol. The highest BCUT2D eigenvalue weighted by molar-refractivity contribution is 6.33. The van der Waals surface area contributed by atoms with Gasteiger partial charge in [-0.1, -0.05) is 17.7 Å². The number of aromatic nitrogens is 4. The van der Waals surface area contributed by atoms with Crippen LogP contribution in [0.5, 0.6) is 11.8 Å². The summed E-state index contributed by atoms with van der Waals surface area (Å²) in [5.41, 5.74) is 1.26. The van der Waals surface area contributed by atoms with Gasteiger partial charge in [0, 0.05) is 6.54 Å². The molecule has 0 amide bonds. The lowest BCUT2D eigenvalue weighted by molar-refractivity contribution is 0.383. The van der Waals surface area contributed by atoms with Crippen LogP contribution in [0.2, 0.25) is 5.02 Å². The highest BCUT2D eigenvalue weighted by Crippen LogP contribution is 2.29. The Labute approximate surface area is 167 Å². The van der Waals surface area contributed by atoms with Crippen LogP contribution in [0.25, 0.3) is 11.2 Å². The Kier molecular flexibility index (Phi) is 4.98. The molecule has 2 heterocycles. The zero-order valence-corrected chi connectivity index (χ0v) is 15.7. The lowest BCUT2D eigenvalue weighted by atomic mass is 10.3. The first-order chi connectivity index (χ1) is 14.0. The summed E-state index contributed by atoms with van der Waals surface area (Å²) in [5, 5.41) is 3.21. The molecule has 0 fully saturated rings. The fourth-order valence-corrected chi connectivity index (χ4v) is 2.94. The van der Waals surface area contributed by atoms with Crippen LogP contribution in [-0.4, -0.2) is 19.5 Å². The second-order valence-electron chi connectivity index (χ2n) is 5.94. The van der Waals surface area contributed by atoms with Crippen LogP contribution in [0, 0.1) is 17.5 Å². The van der Waals surface area contributed by atoms with Gasteiger partial charge in [-0.05, 0) is 37.3 Å². The number of hydrogen-bond donors (Lipinski definition) is 1. The number of nitrogens with one attached hydrogen (secondary N) is 1. The average molecular weight is 420 g/mol. The SMILES string of the molecule is CCn1c(Nc2ccc(F)cc2Cl)nc2cnc(Oc3c(F)cccc3F)nc21. The number of nitrogens with zero attached hydrogens (tertiary/aromatic N) is 4. The molecular formula is C19H13ClF3N5O. The van der Waals surface area contributed by atoms with Gasteiger partial charge in [-0.25, -0.2) is 23.1 Å². The van der Waals surface area contributed by atoms with E-state index in [0.29, 0.717) is 29.3 Å². The molecule has 2 aromatic heterocycles. The maximum Gasteiger partial charge on any atom is 0.324 e. The van der Waals surface area contributed by atoms with Gasteiger partial charge in [-0.15, -0.1) is 0 Å². The smallest absolute Gasteiger partial charge is 0.324 e. The van der Waals surface area contributed by atoms with Gasteiger partial charge in [0.05, 0.1) is 16.9 Å². The Bertz CT molecular complexity index is 1190. The third-order valence-electron chi connectivity index (χ3n) is 4.07. The molecule has 2 aromatic carbocycles. The van der Waals surface area contributed by atoms with Crippen molar-refractivity contribution in [1.82, 2.24) is 19.5 Å². The van der Waals surface area contributed by atoms with E-state index in [1.807, 2.05) is 6.92 Å². The fraction of sp³-hybridized carbons (Fsp3) is 0.105. The Morgan fingerprint density at radius 2 is 1.86 bits per heavy atom. The molecule has 0 saturated heterocycles. The van der Waals surface area contributed by atoms with Crippen LogP contribution in [0.1, 0.15) is 6.92 Å². The molecule has 0 atom stereocenters. The number of imidazole rings is 1. The lowest BCUT2D eigenvalue weighted by Gasteiger charge is -2.10. The molecule has 148 valence electrons. The summed E-state index contributed by atoms with van der Waals surface area (Å²) in [6.45, 7) is 2.32. The Hall–Kier alpha value is -3.33. The minimum Gasteiger partial charge on any atom is -0.418 e. The Morgan fingerprint density at radius 3 is 2.55 bits per heavy atom. The van der Waals surface area contributed by atoms with E-state index >= 15 is 0 Å². The molecule has 0 bridgehead atoms. The van der Waals surface area contributed by atoms with Gasteiger partial charge in [0.2, 0.25) is 11.7 Å². The molecule has 0 spiro atoms. The topological polar surface area (TPSA) is 64.9 Å². The largest absolute Gasteiger partial charge is 0.418 e. The number of rotatable bonds is 5. The summed E-state index contributed by atoms with van der Waals surface area (Å²) in [5.74, 6) is -2.40. The van der Waals surface area contributed by atoms with Crippen molar-refractivity contribution in [2.24, 2.45) is 0 Å². The van der Waals surface area contributed by atoms with Crippen LogP contribution in [-0.2, 0) is 6.54 Å². The predicted octanol–water partition coefficient (Wildman–Crippen LogP) is 5.45. The Morgan fingerprint density at radius 1 is 1.10 bits per heavy atom. The molecule has 1 N–H and O–H groups in total. The van der Waals surface area contributed by atoms with Gasteiger partial charge >= 0.3 is 6.01 Å². The molecule has 0 aliphatic rings. The molecule has 0 aliphatic carbocycles. The van der Waals surface area contributed by atoms with Crippen molar-refractivity contribution in [3.05, 3.63) is 65.1 Å². The van der Waals surface area contributed by atoms with Gasteiger partial charge in [0.15, 0.2) is 17.3 Å². The number of anilines is 2. The molecule has 4 rings (SSSR count). The number of halogens is 4. The summed E-state index contributed by atoms with van der Waals surface area (Å²) in [6, 6.07) is 7.07. The van der Waals surface area contributed by atoms with E-state index in [0.717, 1.165) is 12.1 Å². The lowest BCUT2D eigenvalue weighted by Crippen LogP contribution is -2.04. The number of fused-ring (bicyclic) bond motifs is 1.